The van der Waals surface area contributed by atoms with E-state index in [0.717, 1.165) is 16.8 Å². The minimum atomic E-state index is -0.0185. The number of anilines is 1. The van der Waals surface area contributed by atoms with Crippen molar-refractivity contribution in [1.29, 1.82) is 0 Å². The summed E-state index contributed by atoms with van der Waals surface area (Å²) in [6.07, 6.45) is 0. The largest absolute Gasteiger partial charge is 0.300 e. The molecule has 0 aliphatic carbocycles. The third kappa shape index (κ3) is 2.81. The molecule has 19 heavy (non-hydrogen) atoms. The van der Waals surface area contributed by atoms with Crippen molar-refractivity contribution in [2.45, 2.75) is 20.8 Å². The second kappa shape index (κ2) is 5.22. The highest BCUT2D eigenvalue weighted by molar-refractivity contribution is 5.90. The molecule has 0 aliphatic heterocycles. The molecule has 0 spiro atoms. The van der Waals surface area contributed by atoms with E-state index in [9.17, 15) is 4.79 Å². The van der Waals surface area contributed by atoms with E-state index >= 15 is 0 Å². The Kier molecular flexibility index (Phi) is 3.65. The molecule has 0 aliphatic rings. The van der Waals surface area contributed by atoms with Crippen LogP contribution >= 0.6 is 0 Å². The summed E-state index contributed by atoms with van der Waals surface area (Å²) in [5, 5.41) is 0. The van der Waals surface area contributed by atoms with Crippen LogP contribution in [0.4, 0.5) is 5.82 Å². The molecule has 0 saturated heterocycles. The van der Waals surface area contributed by atoms with Crippen LogP contribution in [0.5, 0.6) is 0 Å². The molecular formula is C16H18N2O. The van der Waals surface area contributed by atoms with Gasteiger partial charge in [0.15, 0.2) is 0 Å². The van der Waals surface area contributed by atoms with Gasteiger partial charge in [0.05, 0.1) is 0 Å². The molecule has 1 aromatic carbocycles. The highest BCUT2D eigenvalue weighted by Crippen LogP contribution is 2.24. The zero-order chi connectivity index (χ0) is 14.0. The topological polar surface area (TPSA) is 33.2 Å². The Morgan fingerprint density at radius 1 is 1.05 bits per heavy atom. The first-order chi connectivity index (χ1) is 8.99. The van der Waals surface area contributed by atoms with Gasteiger partial charge in [-0.05, 0) is 31.5 Å². The van der Waals surface area contributed by atoms with Crippen LogP contribution in [-0.4, -0.2) is 17.9 Å². The standard InChI is InChI=1S/C16H18N2O/c1-11-5-7-14(8-6-11)15-9-10-16(17-12(15)2)18(4)13(3)19/h5-10H,1-4H3. The van der Waals surface area contributed by atoms with Crippen molar-refractivity contribution in [2.75, 3.05) is 11.9 Å². The third-order valence-corrected chi connectivity index (χ3v) is 3.25. The average molecular weight is 254 g/mol. The zero-order valence-corrected chi connectivity index (χ0v) is 11.8. The Morgan fingerprint density at radius 2 is 1.68 bits per heavy atom. The SMILES string of the molecule is CC(=O)N(C)c1ccc(-c2ccc(C)cc2)c(C)n1. The van der Waals surface area contributed by atoms with Crippen LogP contribution in [0.3, 0.4) is 0 Å². The van der Waals surface area contributed by atoms with Crippen LogP contribution in [0, 0.1) is 13.8 Å². The summed E-state index contributed by atoms with van der Waals surface area (Å²) in [6.45, 7) is 5.57. The molecule has 3 nitrogen and oxygen atoms in total. The van der Waals surface area contributed by atoms with Gasteiger partial charge in [-0.15, -0.1) is 0 Å². The van der Waals surface area contributed by atoms with Crippen molar-refractivity contribution in [3.8, 4) is 11.1 Å². The minimum Gasteiger partial charge on any atom is -0.300 e. The average Bonchev–Trinajstić information content (AvgIpc) is 2.39. The molecule has 1 aromatic heterocycles. The van der Waals surface area contributed by atoms with E-state index in [1.54, 1.807) is 11.9 Å². The van der Waals surface area contributed by atoms with Gasteiger partial charge >= 0.3 is 0 Å². The second-order valence-corrected chi connectivity index (χ2v) is 4.75. The molecule has 3 heteroatoms. The molecule has 98 valence electrons. The van der Waals surface area contributed by atoms with Crippen molar-refractivity contribution < 1.29 is 4.79 Å². The monoisotopic (exact) mass is 254 g/mol. The fraction of sp³-hybridized carbons (Fsp3) is 0.250. The summed E-state index contributed by atoms with van der Waals surface area (Å²) in [7, 11) is 1.73. The third-order valence-electron chi connectivity index (χ3n) is 3.25. The molecule has 1 heterocycles. The number of pyridine rings is 1. The van der Waals surface area contributed by atoms with Crippen LogP contribution in [0.15, 0.2) is 36.4 Å². The normalized spacial score (nSPS) is 10.3. The summed E-state index contributed by atoms with van der Waals surface area (Å²) in [6, 6.07) is 12.3. The fourth-order valence-electron chi connectivity index (χ4n) is 1.93. The lowest BCUT2D eigenvalue weighted by atomic mass is 10.0. The highest BCUT2D eigenvalue weighted by Gasteiger charge is 2.09. The second-order valence-electron chi connectivity index (χ2n) is 4.75. The molecule has 2 aromatic rings. The molecule has 2 rings (SSSR count). The summed E-state index contributed by atoms with van der Waals surface area (Å²) in [5.41, 5.74) is 4.41. The van der Waals surface area contributed by atoms with Crippen LogP contribution < -0.4 is 4.90 Å². The van der Waals surface area contributed by atoms with Crippen molar-refractivity contribution >= 4 is 11.7 Å². The van der Waals surface area contributed by atoms with Gasteiger partial charge in [0, 0.05) is 25.2 Å². The van der Waals surface area contributed by atoms with Crippen molar-refractivity contribution in [2.24, 2.45) is 0 Å². The number of aromatic nitrogens is 1. The lowest BCUT2D eigenvalue weighted by Gasteiger charge is -2.15. The van der Waals surface area contributed by atoms with Gasteiger partial charge in [-0.2, -0.15) is 0 Å². The fourth-order valence-corrected chi connectivity index (χ4v) is 1.93. The molecule has 1 amide bonds. The molecule has 0 fully saturated rings. The molecule has 0 radical (unpaired) electrons. The molecule has 0 atom stereocenters. The lowest BCUT2D eigenvalue weighted by Crippen LogP contribution is -2.24. The summed E-state index contributed by atoms with van der Waals surface area (Å²) in [4.78, 5) is 17.4. The van der Waals surface area contributed by atoms with Gasteiger partial charge in [-0.3, -0.25) is 4.79 Å². The number of carbonyl (C=O) groups excluding carboxylic acids is 1. The van der Waals surface area contributed by atoms with Crippen LogP contribution in [-0.2, 0) is 4.79 Å². The van der Waals surface area contributed by atoms with E-state index in [4.69, 9.17) is 0 Å². The number of benzene rings is 1. The molecule has 0 unspecified atom stereocenters. The van der Waals surface area contributed by atoms with Gasteiger partial charge in [-0.1, -0.05) is 29.8 Å². The van der Waals surface area contributed by atoms with Gasteiger partial charge in [0.2, 0.25) is 5.91 Å². The van der Waals surface area contributed by atoms with Gasteiger partial charge in [0.25, 0.3) is 0 Å². The number of rotatable bonds is 2. The van der Waals surface area contributed by atoms with Crippen LogP contribution in [0.25, 0.3) is 11.1 Å². The van der Waals surface area contributed by atoms with E-state index in [1.165, 1.54) is 12.5 Å². The van der Waals surface area contributed by atoms with Gasteiger partial charge < -0.3 is 4.90 Å². The number of nitrogens with zero attached hydrogens (tertiary/aromatic N) is 2. The maximum atomic E-state index is 11.3. The Bertz CT molecular complexity index is 603. The first kappa shape index (κ1) is 13.3. The van der Waals surface area contributed by atoms with Crippen LogP contribution in [0.1, 0.15) is 18.2 Å². The number of hydrogen-bond acceptors (Lipinski definition) is 2. The summed E-state index contributed by atoms with van der Waals surface area (Å²) >= 11 is 0. The van der Waals surface area contributed by atoms with Gasteiger partial charge in [0.1, 0.15) is 5.82 Å². The lowest BCUT2D eigenvalue weighted by molar-refractivity contribution is -0.116. The summed E-state index contributed by atoms with van der Waals surface area (Å²) < 4.78 is 0. The number of aryl methyl sites for hydroxylation is 2. The van der Waals surface area contributed by atoms with E-state index in [1.807, 2.05) is 19.1 Å². The maximum absolute atomic E-state index is 11.3. The zero-order valence-electron chi connectivity index (χ0n) is 11.8. The van der Waals surface area contributed by atoms with Crippen molar-refractivity contribution in [1.82, 2.24) is 4.98 Å². The first-order valence-electron chi connectivity index (χ1n) is 6.28. The van der Waals surface area contributed by atoms with Crippen molar-refractivity contribution in [3.05, 3.63) is 47.7 Å². The van der Waals surface area contributed by atoms with E-state index in [-0.39, 0.29) is 5.91 Å². The Labute approximate surface area is 113 Å². The molecule has 0 N–H and O–H groups in total. The highest BCUT2D eigenvalue weighted by atomic mass is 16.2. The molecular weight excluding hydrogens is 236 g/mol. The summed E-state index contributed by atoms with van der Waals surface area (Å²) in [5.74, 6) is 0.663. The Hall–Kier alpha value is -2.16. The Balaban J connectivity index is 2.39. The Morgan fingerprint density at radius 3 is 2.21 bits per heavy atom. The quantitative estimate of drug-likeness (QED) is 0.823. The first-order valence-corrected chi connectivity index (χ1v) is 6.28. The molecule has 0 bridgehead atoms. The van der Waals surface area contributed by atoms with Crippen LogP contribution in [0.2, 0.25) is 0 Å². The molecule has 0 saturated carbocycles. The number of carbonyl (C=O) groups is 1. The van der Waals surface area contributed by atoms with E-state index in [2.05, 4.69) is 36.2 Å². The number of amides is 1. The maximum Gasteiger partial charge on any atom is 0.224 e. The predicted molar refractivity (Wildman–Crippen MR) is 78.2 cm³/mol. The van der Waals surface area contributed by atoms with Crippen molar-refractivity contribution in [3.63, 3.8) is 0 Å². The van der Waals surface area contributed by atoms with E-state index < -0.39 is 0 Å². The smallest absolute Gasteiger partial charge is 0.224 e. The van der Waals surface area contributed by atoms with Gasteiger partial charge in [-0.25, -0.2) is 4.98 Å². The number of hydrogen-bond donors (Lipinski definition) is 0. The van der Waals surface area contributed by atoms with E-state index in [0.29, 0.717) is 5.82 Å². The minimum absolute atomic E-state index is 0.0185. The predicted octanol–water partition coefficient (Wildman–Crippen LogP) is 3.35.